The lowest BCUT2D eigenvalue weighted by Crippen LogP contribution is -2.09. The van der Waals surface area contributed by atoms with E-state index in [-0.39, 0.29) is 5.69 Å². The molecule has 0 aliphatic rings. The van der Waals surface area contributed by atoms with E-state index in [2.05, 4.69) is 4.98 Å². The molecule has 2 rings (SSSR count). The van der Waals surface area contributed by atoms with Crippen molar-refractivity contribution in [2.45, 2.75) is 19.8 Å². The van der Waals surface area contributed by atoms with Crippen LogP contribution in [0.1, 0.15) is 18.2 Å². The fraction of sp³-hybridized carbons (Fsp3) is 0.250. The largest absolute Gasteiger partial charge is 0.286 e. The van der Waals surface area contributed by atoms with E-state index in [0.29, 0.717) is 5.52 Å². The van der Waals surface area contributed by atoms with Crippen molar-refractivity contribution in [1.29, 1.82) is 0 Å². The number of benzene rings is 1. The van der Waals surface area contributed by atoms with Crippen molar-refractivity contribution in [3.8, 4) is 0 Å². The number of nitrogens with zero attached hydrogens (tertiary/aromatic N) is 1. The average Bonchev–Trinajstić information content (AvgIpc) is 2.15. The Kier molecular flexibility index (Phi) is 2.18. The van der Waals surface area contributed by atoms with Gasteiger partial charge in [-0.05, 0) is 25.1 Å². The molecule has 0 unspecified atom stereocenters. The average molecular weight is 207 g/mol. The summed E-state index contributed by atoms with van der Waals surface area (Å²) in [4.78, 5) is 3.94. The number of hydrogen-bond donors (Lipinski definition) is 0. The van der Waals surface area contributed by atoms with Crippen molar-refractivity contribution in [2.24, 2.45) is 0 Å². The number of aryl methyl sites for hydroxylation is 1. The molecule has 0 radical (unpaired) electrons. The van der Waals surface area contributed by atoms with Crippen LogP contribution in [0.2, 0.25) is 0 Å². The molecule has 0 bridgehead atoms. The molecule has 0 saturated heterocycles. The van der Waals surface area contributed by atoms with Crippen molar-refractivity contribution in [2.75, 3.05) is 0 Å². The molecule has 0 spiro atoms. The first-order valence-corrected chi connectivity index (χ1v) is 4.72. The fourth-order valence-electron chi connectivity index (χ4n) is 1.49. The topological polar surface area (TPSA) is 12.9 Å². The minimum atomic E-state index is -2.88. The zero-order valence-corrected chi connectivity index (χ0v) is 8.59. The van der Waals surface area contributed by atoms with E-state index in [0.717, 1.165) is 17.9 Å². The number of aromatic nitrogens is 1. The lowest BCUT2D eigenvalue weighted by Gasteiger charge is -2.10. The van der Waals surface area contributed by atoms with Gasteiger partial charge in [0, 0.05) is 12.3 Å². The summed E-state index contributed by atoms with van der Waals surface area (Å²) in [7, 11) is 0. The monoisotopic (exact) mass is 207 g/mol. The third kappa shape index (κ3) is 1.96. The molecule has 15 heavy (non-hydrogen) atoms. The van der Waals surface area contributed by atoms with Crippen LogP contribution in [0.15, 0.2) is 30.3 Å². The standard InChI is InChI=1S/C12H11F2N/c1-8-3-5-10-9(7-8)4-6-11(15-10)12(2,13)14/h3-7H,1-2H3. The second-order valence-corrected chi connectivity index (χ2v) is 3.78. The number of fused-ring (bicyclic) bond motifs is 1. The molecule has 1 heterocycles. The van der Waals surface area contributed by atoms with Gasteiger partial charge in [-0.2, -0.15) is 8.78 Å². The molecule has 0 N–H and O–H groups in total. The number of rotatable bonds is 1. The highest BCUT2D eigenvalue weighted by atomic mass is 19.3. The molecule has 1 nitrogen and oxygen atoms in total. The summed E-state index contributed by atoms with van der Waals surface area (Å²) in [5.74, 6) is -2.88. The van der Waals surface area contributed by atoms with Crippen LogP contribution in [-0.4, -0.2) is 4.98 Å². The summed E-state index contributed by atoms with van der Waals surface area (Å²) >= 11 is 0. The first-order valence-electron chi connectivity index (χ1n) is 4.72. The second kappa shape index (κ2) is 3.26. The van der Waals surface area contributed by atoms with Gasteiger partial charge in [-0.15, -0.1) is 0 Å². The van der Waals surface area contributed by atoms with E-state index in [1.807, 2.05) is 19.1 Å². The van der Waals surface area contributed by atoms with Crippen molar-refractivity contribution < 1.29 is 8.78 Å². The lowest BCUT2D eigenvalue weighted by atomic mass is 10.1. The van der Waals surface area contributed by atoms with Gasteiger partial charge in [0.15, 0.2) is 0 Å². The maximum atomic E-state index is 13.0. The Balaban J connectivity index is 2.62. The summed E-state index contributed by atoms with van der Waals surface area (Å²) in [6.07, 6.45) is 0. The SMILES string of the molecule is Cc1ccc2nc(C(C)(F)F)ccc2c1. The van der Waals surface area contributed by atoms with Gasteiger partial charge in [-0.25, -0.2) is 4.98 Å². The van der Waals surface area contributed by atoms with Crippen LogP contribution in [0.5, 0.6) is 0 Å². The Labute approximate surface area is 86.8 Å². The maximum Gasteiger partial charge on any atom is 0.286 e. The van der Waals surface area contributed by atoms with E-state index in [9.17, 15) is 8.78 Å². The van der Waals surface area contributed by atoms with E-state index < -0.39 is 5.92 Å². The Hall–Kier alpha value is -1.51. The molecule has 78 valence electrons. The summed E-state index contributed by atoms with van der Waals surface area (Å²) in [5, 5.41) is 0.892. The highest BCUT2D eigenvalue weighted by molar-refractivity contribution is 5.79. The Morgan fingerprint density at radius 3 is 2.53 bits per heavy atom. The molecule has 0 aliphatic heterocycles. The molecule has 0 fully saturated rings. The van der Waals surface area contributed by atoms with Crippen LogP contribution >= 0.6 is 0 Å². The third-order valence-electron chi connectivity index (χ3n) is 2.29. The second-order valence-electron chi connectivity index (χ2n) is 3.78. The zero-order valence-electron chi connectivity index (χ0n) is 8.59. The van der Waals surface area contributed by atoms with Crippen molar-refractivity contribution in [3.05, 3.63) is 41.6 Å². The van der Waals surface area contributed by atoms with Crippen LogP contribution < -0.4 is 0 Å². The van der Waals surface area contributed by atoms with Gasteiger partial charge in [0.2, 0.25) is 0 Å². The molecule has 0 aliphatic carbocycles. The van der Waals surface area contributed by atoms with Crippen LogP contribution in [0.3, 0.4) is 0 Å². The zero-order chi connectivity index (χ0) is 11.1. The summed E-state index contributed by atoms with van der Waals surface area (Å²) in [6, 6.07) is 8.62. The number of alkyl halides is 2. The highest BCUT2D eigenvalue weighted by Gasteiger charge is 2.25. The molecule has 3 heteroatoms. The summed E-state index contributed by atoms with van der Waals surface area (Å²) in [6.45, 7) is 2.82. The maximum absolute atomic E-state index is 13.0. The van der Waals surface area contributed by atoms with E-state index in [4.69, 9.17) is 0 Å². The molecule has 0 amide bonds. The quantitative estimate of drug-likeness (QED) is 0.695. The van der Waals surface area contributed by atoms with Gasteiger partial charge in [0.25, 0.3) is 5.92 Å². The Morgan fingerprint density at radius 1 is 1.13 bits per heavy atom. The van der Waals surface area contributed by atoms with Crippen LogP contribution in [0.4, 0.5) is 8.78 Å². The smallest absolute Gasteiger partial charge is 0.247 e. The van der Waals surface area contributed by atoms with Crippen molar-refractivity contribution in [1.82, 2.24) is 4.98 Å². The van der Waals surface area contributed by atoms with E-state index in [1.54, 1.807) is 12.1 Å². The predicted molar refractivity (Wildman–Crippen MR) is 56.0 cm³/mol. The molecule has 1 aromatic heterocycles. The van der Waals surface area contributed by atoms with Gasteiger partial charge in [0.1, 0.15) is 5.69 Å². The third-order valence-corrected chi connectivity index (χ3v) is 2.29. The minimum absolute atomic E-state index is 0.182. The number of halogens is 2. The van der Waals surface area contributed by atoms with Gasteiger partial charge in [-0.3, -0.25) is 0 Å². The van der Waals surface area contributed by atoms with Gasteiger partial charge < -0.3 is 0 Å². The van der Waals surface area contributed by atoms with Gasteiger partial charge in [-0.1, -0.05) is 17.7 Å². The van der Waals surface area contributed by atoms with Crippen molar-refractivity contribution in [3.63, 3.8) is 0 Å². The molecule has 2 aromatic rings. The first kappa shape index (κ1) is 10.0. The molecule has 1 aromatic carbocycles. The van der Waals surface area contributed by atoms with Gasteiger partial charge in [0.05, 0.1) is 5.52 Å². The first-order chi connectivity index (χ1) is 6.97. The Bertz CT molecular complexity index is 500. The normalized spacial score (nSPS) is 12.0. The summed E-state index contributed by atoms with van der Waals surface area (Å²) in [5.41, 5.74) is 1.53. The van der Waals surface area contributed by atoms with Crippen LogP contribution in [0, 0.1) is 6.92 Å². The minimum Gasteiger partial charge on any atom is -0.247 e. The molecular weight excluding hydrogens is 196 g/mol. The van der Waals surface area contributed by atoms with Crippen molar-refractivity contribution >= 4 is 10.9 Å². The molecule has 0 saturated carbocycles. The summed E-state index contributed by atoms with van der Waals surface area (Å²) < 4.78 is 26.0. The Morgan fingerprint density at radius 2 is 1.87 bits per heavy atom. The number of hydrogen-bond acceptors (Lipinski definition) is 1. The van der Waals surface area contributed by atoms with Gasteiger partial charge >= 0.3 is 0 Å². The predicted octanol–water partition coefficient (Wildman–Crippen LogP) is 3.65. The van der Waals surface area contributed by atoms with Crippen LogP contribution in [0.25, 0.3) is 10.9 Å². The fourth-order valence-corrected chi connectivity index (χ4v) is 1.49. The highest BCUT2D eigenvalue weighted by Crippen LogP contribution is 2.26. The number of pyridine rings is 1. The van der Waals surface area contributed by atoms with E-state index >= 15 is 0 Å². The lowest BCUT2D eigenvalue weighted by molar-refractivity contribution is 0.0131. The van der Waals surface area contributed by atoms with E-state index in [1.165, 1.54) is 6.07 Å². The molecular formula is C12H11F2N. The molecule has 0 atom stereocenters. The van der Waals surface area contributed by atoms with Crippen LogP contribution in [-0.2, 0) is 5.92 Å².